The van der Waals surface area contributed by atoms with Crippen LogP contribution in [0.15, 0.2) is 12.7 Å². The average molecular weight is 317 g/mol. The number of H-pyrrole nitrogens is 1. The van der Waals surface area contributed by atoms with Crippen molar-refractivity contribution in [2.75, 3.05) is 44.7 Å². The smallest absolute Gasteiger partial charge is 0.242 e. The Bertz CT molecular complexity index is 675. The van der Waals surface area contributed by atoms with E-state index < -0.39 is 0 Å². The number of likely N-dealkylation sites (N-methyl/N-ethyl adjacent to an activating group) is 1. The molecule has 3 heterocycles. The van der Waals surface area contributed by atoms with Crippen molar-refractivity contribution in [1.82, 2.24) is 29.7 Å². The van der Waals surface area contributed by atoms with Crippen molar-refractivity contribution >= 4 is 22.9 Å². The fraction of sp³-hybridized carbons (Fsp3) is 0.600. The summed E-state index contributed by atoms with van der Waals surface area (Å²) in [6.45, 7) is 8.12. The summed E-state index contributed by atoms with van der Waals surface area (Å²) in [6, 6.07) is 0.532. The second-order valence-electron chi connectivity index (χ2n) is 6.16. The summed E-state index contributed by atoms with van der Waals surface area (Å²) in [5.74, 6) is 0.823. The maximum atomic E-state index is 12.5. The molecule has 2 aromatic rings. The highest BCUT2D eigenvalue weighted by atomic mass is 16.2. The number of fused-ring (bicyclic) bond motifs is 1. The van der Waals surface area contributed by atoms with E-state index in [0.29, 0.717) is 24.1 Å². The van der Waals surface area contributed by atoms with Crippen molar-refractivity contribution in [3.05, 3.63) is 12.7 Å². The number of amides is 1. The molecule has 0 unspecified atom stereocenters. The Labute approximate surface area is 135 Å². The topological polar surface area (TPSA) is 81.2 Å². The quantitative estimate of drug-likeness (QED) is 0.876. The molecular weight excluding hydrogens is 294 g/mol. The number of rotatable bonds is 4. The Hall–Kier alpha value is -2.22. The number of nitrogens with zero attached hydrogens (tertiary/aromatic N) is 6. The van der Waals surface area contributed by atoms with Gasteiger partial charge in [0.15, 0.2) is 11.5 Å². The number of aromatic amines is 1. The second kappa shape index (κ2) is 6.49. The predicted octanol–water partition coefficient (Wildman–Crippen LogP) is 0.342. The van der Waals surface area contributed by atoms with E-state index in [1.165, 1.54) is 6.33 Å². The maximum Gasteiger partial charge on any atom is 0.242 e. The highest BCUT2D eigenvalue weighted by molar-refractivity contribution is 5.87. The molecule has 23 heavy (non-hydrogen) atoms. The molecule has 1 aliphatic heterocycles. The first kappa shape index (κ1) is 15.7. The van der Waals surface area contributed by atoms with Crippen molar-refractivity contribution in [2.45, 2.75) is 19.9 Å². The Morgan fingerprint density at radius 2 is 2.00 bits per heavy atom. The minimum atomic E-state index is 0.127. The summed E-state index contributed by atoms with van der Waals surface area (Å²) < 4.78 is 0. The number of piperazine rings is 1. The van der Waals surface area contributed by atoms with Crippen molar-refractivity contribution < 1.29 is 4.79 Å². The van der Waals surface area contributed by atoms with E-state index in [1.54, 1.807) is 6.33 Å². The zero-order chi connectivity index (χ0) is 16.4. The third kappa shape index (κ3) is 3.26. The van der Waals surface area contributed by atoms with Gasteiger partial charge in [-0.1, -0.05) is 0 Å². The van der Waals surface area contributed by atoms with Crippen molar-refractivity contribution in [3.63, 3.8) is 0 Å². The molecule has 0 aromatic carbocycles. The van der Waals surface area contributed by atoms with Crippen molar-refractivity contribution in [2.24, 2.45) is 0 Å². The molecule has 8 heteroatoms. The van der Waals surface area contributed by atoms with E-state index in [1.807, 2.05) is 16.8 Å². The molecule has 1 amide bonds. The number of carbonyl (C=O) groups excluding carboxylic acids is 1. The number of anilines is 1. The first-order valence-corrected chi connectivity index (χ1v) is 7.93. The van der Waals surface area contributed by atoms with Crippen molar-refractivity contribution in [1.29, 1.82) is 0 Å². The standard InChI is InChI=1S/C15H23N7O/c1-11(2)21-4-6-22(7-5-21)12(23)8-20(3)15-13-14(17-9-16-13)18-10-19-15/h9-11H,4-8H2,1-3H3,(H,16,17,18,19). The minimum Gasteiger partial charge on any atom is -0.348 e. The number of carbonyl (C=O) groups is 1. The summed E-state index contributed by atoms with van der Waals surface area (Å²) in [4.78, 5) is 34.2. The van der Waals surface area contributed by atoms with Gasteiger partial charge in [-0.25, -0.2) is 15.0 Å². The number of hydrogen-bond donors (Lipinski definition) is 1. The Balaban J connectivity index is 1.63. The Kier molecular flexibility index (Phi) is 4.42. The van der Waals surface area contributed by atoms with Gasteiger partial charge in [0, 0.05) is 39.3 Å². The van der Waals surface area contributed by atoms with E-state index in [4.69, 9.17) is 0 Å². The molecule has 0 saturated carbocycles. The van der Waals surface area contributed by atoms with Gasteiger partial charge < -0.3 is 14.8 Å². The van der Waals surface area contributed by atoms with Gasteiger partial charge >= 0.3 is 0 Å². The van der Waals surface area contributed by atoms with Crippen LogP contribution in [-0.4, -0.2) is 81.5 Å². The molecule has 1 aliphatic rings. The molecule has 0 aliphatic carbocycles. The number of nitrogens with one attached hydrogen (secondary N) is 1. The van der Waals surface area contributed by atoms with Crippen LogP contribution in [0.5, 0.6) is 0 Å². The zero-order valence-electron chi connectivity index (χ0n) is 13.9. The molecule has 0 radical (unpaired) electrons. The monoisotopic (exact) mass is 317 g/mol. The van der Waals surface area contributed by atoms with Crippen LogP contribution in [0.25, 0.3) is 11.2 Å². The van der Waals surface area contributed by atoms with E-state index in [2.05, 4.69) is 38.7 Å². The van der Waals surface area contributed by atoms with E-state index >= 15 is 0 Å². The average Bonchev–Trinajstić information content (AvgIpc) is 3.03. The van der Waals surface area contributed by atoms with Gasteiger partial charge in [0.1, 0.15) is 11.8 Å². The summed E-state index contributed by atoms with van der Waals surface area (Å²) in [5, 5.41) is 0. The molecule has 1 fully saturated rings. The van der Waals surface area contributed by atoms with E-state index in [9.17, 15) is 4.79 Å². The zero-order valence-corrected chi connectivity index (χ0v) is 13.9. The molecule has 1 saturated heterocycles. The summed E-state index contributed by atoms with van der Waals surface area (Å²) in [5.41, 5.74) is 1.37. The van der Waals surface area contributed by atoms with Crippen LogP contribution in [0.1, 0.15) is 13.8 Å². The van der Waals surface area contributed by atoms with Crippen LogP contribution in [-0.2, 0) is 4.79 Å². The van der Waals surface area contributed by atoms with Crippen LogP contribution < -0.4 is 4.90 Å². The van der Waals surface area contributed by atoms with E-state index in [0.717, 1.165) is 31.7 Å². The molecule has 0 atom stereocenters. The minimum absolute atomic E-state index is 0.127. The lowest BCUT2D eigenvalue weighted by Crippen LogP contribution is -2.52. The van der Waals surface area contributed by atoms with Crippen LogP contribution in [0.4, 0.5) is 5.82 Å². The summed E-state index contributed by atoms with van der Waals surface area (Å²) in [7, 11) is 1.87. The van der Waals surface area contributed by atoms with Crippen LogP contribution in [0.3, 0.4) is 0 Å². The number of imidazole rings is 1. The highest BCUT2D eigenvalue weighted by Crippen LogP contribution is 2.18. The van der Waals surface area contributed by atoms with Gasteiger partial charge in [-0.3, -0.25) is 9.69 Å². The lowest BCUT2D eigenvalue weighted by molar-refractivity contribution is -0.131. The number of aromatic nitrogens is 4. The lowest BCUT2D eigenvalue weighted by Gasteiger charge is -2.37. The van der Waals surface area contributed by atoms with Crippen LogP contribution in [0, 0.1) is 0 Å². The third-order valence-corrected chi connectivity index (χ3v) is 4.33. The third-order valence-electron chi connectivity index (χ3n) is 4.33. The summed E-state index contributed by atoms with van der Waals surface area (Å²) in [6.07, 6.45) is 3.06. The molecule has 8 nitrogen and oxygen atoms in total. The first-order valence-electron chi connectivity index (χ1n) is 7.93. The Morgan fingerprint density at radius 3 is 2.70 bits per heavy atom. The molecule has 1 N–H and O–H groups in total. The molecule has 2 aromatic heterocycles. The Morgan fingerprint density at radius 1 is 1.26 bits per heavy atom. The van der Waals surface area contributed by atoms with Crippen LogP contribution in [0.2, 0.25) is 0 Å². The summed E-state index contributed by atoms with van der Waals surface area (Å²) >= 11 is 0. The van der Waals surface area contributed by atoms with Gasteiger partial charge in [0.05, 0.1) is 12.9 Å². The molecule has 124 valence electrons. The molecular formula is C15H23N7O. The normalized spacial score (nSPS) is 16.3. The van der Waals surface area contributed by atoms with Gasteiger partial charge in [0.25, 0.3) is 0 Å². The fourth-order valence-corrected chi connectivity index (χ4v) is 2.91. The SMILES string of the molecule is CC(C)N1CCN(C(=O)CN(C)c2ncnc3nc[nH]c23)CC1. The lowest BCUT2D eigenvalue weighted by atomic mass is 10.2. The van der Waals surface area contributed by atoms with Gasteiger partial charge in [-0.15, -0.1) is 0 Å². The molecule has 3 rings (SSSR count). The van der Waals surface area contributed by atoms with Gasteiger partial charge in [-0.05, 0) is 13.8 Å². The van der Waals surface area contributed by atoms with Gasteiger partial charge in [0.2, 0.25) is 5.91 Å². The predicted molar refractivity (Wildman–Crippen MR) is 88.2 cm³/mol. The van der Waals surface area contributed by atoms with Gasteiger partial charge in [-0.2, -0.15) is 0 Å². The highest BCUT2D eigenvalue weighted by Gasteiger charge is 2.23. The largest absolute Gasteiger partial charge is 0.348 e. The molecule has 0 spiro atoms. The maximum absolute atomic E-state index is 12.5. The fourth-order valence-electron chi connectivity index (χ4n) is 2.91. The number of hydrogen-bond acceptors (Lipinski definition) is 6. The van der Waals surface area contributed by atoms with E-state index in [-0.39, 0.29) is 5.91 Å². The molecule has 0 bridgehead atoms. The van der Waals surface area contributed by atoms with Crippen molar-refractivity contribution in [3.8, 4) is 0 Å². The van der Waals surface area contributed by atoms with Crippen LogP contribution >= 0.6 is 0 Å². The first-order chi connectivity index (χ1) is 11.1. The second-order valence-corrected chi connectivity index (χ2v) is 6.16.